The summed E-state index contributed by atoms with van der Waals surface area (Å²) in [6, 6.07) is 25.9. The molecule has 5 rings (SSSR count). The lowest BCUT2D eigenvalue weighted by molar-refractivity contribution is 0.174. The standard InChI is InChI=1S/C28H18O3/c1-29-26-4-2-3-20(17-26)5-6-21-9-12-24-13-10-22(16-25(24)15-21)7-8-23-11-14-27-28(18-23)31-19-30-27/h2-4,9-18H,19H2,1H3. The van der Waals surface area contributed by atoms with Crippen LogP contribution in [0.1, 0.15) is 22.3 Å². The van der Waals surface area contributed by atoms with Crippen molar-refractivity contribution in [3.05, 3.63) is 101 Å². The molecule has 31 heavy (non-hydrogen) atoms. The Hall–Kier alpha value is -4.34. The number of fused-ring (bicyclic) bond motifs is 2. The molecule has 148 valence electrons. The van der Waals surface area contributed by atoms with Crippen LogP contribution in [0.2, 0.25) is 0 Å². The van der Waals surface area contributed by atoms with Crippen molar-refractivity contribution in [3.8, 4) is 40.9 Å². The fourth-order valence-electron chi connectivity index (χ4n) is 3.37. The summed E-state index contributed by atoms with van der Waals surface area (Å²) in [5, 5.41) is 2.26. The summed E-state index contributed by atoms with van der Waals surface area (Å²) in [5.41, 5.74) is 3.71. The Morgan fingerprint density at radius 2 is 1.23 bits per heavy atom. The SMILES string of the molecule is COc1cccc(C#Cc2ccc3ccc(C#Cc4ccc5c(c4)OCO5)cc3c2)c1. The van der Waals surface area contributed by atoms with Gasteiger partial charge in [0.1, 0.15) is 5.75 Å². The molecule has 0 amide bonds. The van der Waals surface area contributed by atoms with Crippen LogP contribution >= 0.6 is 0 Å². The van der Waals surface area contributed by atoms with Crippen LogP contribution in [0.5, 0.6) is 17.2 Å². The van der Waals surface area contributed by atoms with Crippen molar-refractivity contribution in [3.63, 3.8) is 0 Å². The van der Waals surface area contributed by atoms with Crippen molar-refractivity contribution in [2.75, 3.05) is 13.9 Å². The van der Waals surface area contributed by atoms with Gasteiger partial charge in [0.2, 0.25) is 6.79 Å². The number of benzene rings is 4. The molecule has 3 heteroatoms. The Labute approximate surface area is 181 Å². The molecule has 0 radical (unpaired) electrons. The van der Waals surface area contributed by atoms with Crippen molar-refractivity contribution in [1.29, 1.82) is 0 Å². The maximum Gasteiger partial charge on any atom is 0.231 e. The summed E-state index contributed by atoms with van der Waals surface area (Å²) in [4.78, 5) is 0. The predicted molar refractivity (Wildman–Crippen MR) is 121 cm³/mol. The monoisotopic (exact) mass is 402 g/mol. The molecule has 0 saturated heterocycles. The van der Waals surface area contributed by atoms with E-state index in [0.717, 1.165) is 50.3 Å². The Bertz CT molecular complexity index is 1410. The highest BCUT2D eigenvalue weighted by Gasteiger charge is 2.12. The number of methoxy groups -OCH3 is 1. The zero-order chi connectivity index (χ0) is 21.0. The summed E-state index contributed by atoms with van der Waals surface area (Å²) in [7, 11) is 1.66. The zero-order valence-corrected chi connectivity index (χ0v) is 16.9. The van der Waals surface area contributed by atoms with Gasteiger partial charge in [-0.05, 0) is 71.4 Å². The van der Waals surface area contributed by atoms with E-state index >= 15 is 0 Å². The van der Waals surface area contributed by atoms with Crippen LogP contribution in [-0.2, 0) is 0 Å². The number of hydrogen-bond acceptors (Lipinski definition) is 3. The van der Waals surface area contributed by atoms with Crippen LogP contribution in [0.4, 0.5) is 0 Å². The van der Waals surface area contributed by atoms with Crippen LogP contribution in [0.15, 0.2) is 78.9 Å². The summed E-state index contributed by atoms with van der Waals surface area (Å²) in [5.74, 6) is 15.2. The van der Waals surface area contributed by atoms with Gasteiger partial charge < -0.3 is 14.2 Å². The minimum Gasteiger partial charge on any atom is -0.497 e. The lowest BCUT2D eigenvalue weighted by Gasteiger charge is -2.00. The minimum atomic E-state index is 0.264. The topological polar surface area (TPSA) is 27.7 Å². The predicted octanol–water partition coefficient (Wildman–Crippen LogP) is 5.38. The fourth-order valence-corrected chi connectivity index (χ4v) is 3.37. The molecule has 0 bridgehead atoms. The third kappa shape index (κ3) is 4.17. The van der Waals surface area contributed by atoms with Gasteiger partial charge in [-0.1, -0.05) is 41.9 Å². The summed E-state index contributed by atoms with van der Waals surface area (Å²) >= 11 is 0. The van der Waals surface area contributed by atoms with E-state index in [1.165, 1.54) is 0 Å². The van der Waals surface area contributed by atoms with E-state index in [-0.39, 0.29) is 6.79 Å². The van der Waals surface area contributed by atoms with Crippen LogP contribution in [0, 0.1) is 23.7 Å². The van der Waals surface area contributed by atoms with E-state index in [4.69, 9.17) is 14.2 Å². The third-order valence-corrected chi connectivity index (χ3v) is 4.98. The molecule has 0 unspecified atom stereocenters. The average Bonchev–Trinajstić information content (AvgIpc) is 3.29. The molecule has 0 aromatic heterocycles. The number of ether oxygens (including phenoxy) is 3. The molecule has 0 N–H and O–H groups in total. The van der Waals surface area contributed by atoms with Gasteiger partial charge in [-0.2, -0.15) is 0 Å². The Morgan fingerprint density at radius 3 is 1.94 bits per heavy atom. The van der Waals surface area contributed by atoms with Crippen LogP contribution in [0.3, 0.4) is 0 Å². The van der Waals surface area contributed by atoms with Crippen LogP contribution in [0.25, 0.3) is 10.8 Å². The Balaban J connectivity index is 1.42. The van der Waals surface area contributed by atoms with E-state index in [1.807, 2.05) is 54.6 Å². The maximum absolute atomic E-state index is 5.42. The zero-order valence-electron chi connectivity index (χ0n) is 16.9. The van der Waals surface area contributed by atoms with Crippen molar-refractivity contribution >= 4 is 10.8 Å². The average molecular weight is 402 g/mol. The second kappa shape index (κ2) is 8.19. The lowest BCUT2D eigenvalue weighted by atomic mass is 10.0. The van der Waals surface area contributed by atoms with E-state index < -0.39 is 0 Å². The quantitative estimate of drug-likeness (QED) is 0.400. The molecule has 0 spiro atoms. The van der Waals surface area contributed by atoms with Crippen LogP contribution in [-0.4, -0.2) is 13.9 Å². The molecule has 0 atom stereocenters. The molecule has 4 aromatic rings. The molecular formula is C28H18O3. The van der Waals surface area contributed by atoms with Gasteiger partial charge in [0.05, 0.1) is 7.11 Å². The van der Waals surface area contributed by atoms with Gasteiger partial charge in [0, 0.05) is 22.3 Å². The normalized spacial score (nSPS) is 11.3. The second-order valence-corrected chi connectivity index (χ2v) is 7.08. The van der Waals surface area contributed by atoms with Crippen molar-refractivity contribution in [2.24, 2.45) is 0 Å². The minimum absolute atomic E-state index is 0.264. The summed E-state index contributed by atoms with van der Waals surface area (Å²) in [6.45, 7) is 0.264. The highest BCUT2D eigenvalue weighted by atomic mass is 16.7. The Morgan fingerprint density at radius 1 is 0.613 bits per heavy atom. The smallest absolute Gasteiger partial charge is 0.231 e. The van der Waals surface area contributed by atoms with E-state index in [1.54, 1.807) is 7.11 Å². The highest BCUT2D eigenvalue weighted by molar-refractivity contribution is 5.85. The third-order valence-electron chi connectivity index (χ3n) is 4.98. The molecule has 1 heterocycles. The lowest BCUT2D eigenvalue weighted by Crippen LogP contribution is -1.92. The molecule has 4 aromatic carbocycles. The van der Waals surface area contributed by atoms with E-state index in [9.17, 15) is 0 Å². The first-order valence-corrected chi connectivity index (χ1v) is 9.88. The van der Waals surface area contributed by atoms with Gasteiger partial charge in [0.15, 0.2) is 11.5 Å². The first-order valence-electron chi connectivity index (χ1n) is 9.88. The number of rotatable bonds is 1. The molecule has 3 nitrogen and oxygen atoms in total. The molecule has 1 aliphatic heterocycles. The van der Waals surface area contributed by atoms with Crippen molar-refractivity contribution < 1.29 is 14.2 Å². The molecule has 0 aliphatic carbocycles. The maximum atomic E-state index is 5.42. The molecular weight excluding hydrogens is 384 g/mol. The first-order chi connectivity index (χ1) is 15.3. The van der Waals surface area contributed by atoms with Gasteiger partial charge in [0.25, 0.3) is 0 Å². The number of hydrogen-bond donors (Lipinski definition) is 0. The Kier molecular flexibility index (Phi) is 4.93. The first kappa shape index (κ1) is 18.7. The summed E-state index contributed by atoms with van der Waals surface area (Å²) < 4.78 is 16.0. The fraction of sp³-hybridized carbons (Fsp3) is 0.0714. The van der Waals surface area contributed by atoms with E-state index in [2.05, 4.69) is 47.9 Å². The van der Waals surface area contributed by atoms with E-state index in [0.29, 0.717) is 0 Å². The van der Waals surface area contributed by atoms with Gasteiger partial charge in [-0.25, -0.2) is 0 Å². The van der Waals surface area contributed by atoms with Gasteiger partial charge in [-0.3, -0.25) is 0 Å². The van der Waals surface area contributed by atoms with Crippen molar-refractivity contribution in [1.82, 2.24) is 0 Å². The van der Waals surface area contributed by atoms with Crippen LogP contribution < -0.4 is 14.2 Å². The second-order valence-electron chi connectivity index (χ2n) is 7.08. The molecule has 0 saturated carbocycles. The van der Waals surface area contributed by atoms with Gasteiger partial charge >= 0.3 is 0 Å². The van der Waals surface area contributed by atoms with Gasteiger partial charge in [-0.15, -0.1) is 0 Å². The largest absolute Gasteiger partial charge is 0.497 e. The summed E-state index contributed by atoms with van der Waals surface area (Å²) in [6.07, 6.45) is 0. The molecule has 0 fully saturated rings. The molecule has 1 aliphatic rings. The highest BCUT2D eigenvalue weighted by Crippen LogP contribution is 2.32. The van der Waals surface area contributed by atoms with Crippen molar-refractivity contribution in [2.45, 2.75) is 0 Å².